The number of halogens is 2. The zero-order valence-electron chi connectivity index (χ0n) is 10.3. The van der Waals surface area contributed by atoms with E-state index in [1.807, 2.05) is 19.9 Å². The summed E-state index contributed by atoms with van der Waals surface area (Å²) in [6.45, 7) is 8.70. The highest BCUT2D eigenvalue weighted by Crippen LogP contribution is 2.17. The molecule has 0 fully saturated rings. The second-order valence-corrected chi connectivity index (χ2v) is 5.42. The van der Waals surface area contributed by atoms with Gasteiger partial charge in [0.1, 0.15) is 5.82 Å². The number of hydrogen-bond donors (Lipinski definition) is 1. The Labute approximate surface area is 102 Å². The van der Waals surface area contributed by atoms with E-state index in [4.69, 9.17) is 11.6 Å². The van der Waals surface area contributed by atoms with Crippen molar-refractivity contribution in [1.82, 2.24) is 5.32 Å². The number of alkyl halides is 1. The SMILES string of the molecule is Cc1cc(F)ccc1CNC(C)(C)C(C)Cl. The van der Waals surface area contributed by atoms with Gasteiger partial charge in [-0.2, -0.15) is 0 Å². The minimum atomic E-state index is -0.189. The van der Waals surface area contributed by atoms with Crippen molar-refractivity contribution in [2.24, 2.45) is 0 Å². The normalized spacial score (nSPS) is 13.9. The van der Waals surface area contributed by atoms with E-state index < -0.39 is 0 Å². The van der Waals surface area contributed by atoms with Crippen LogP contribution in [0.2, 0.25) is 0 Å². The summed E-state index contributed by atoms with van der Waals surface area (Å²) in [5.41, 5.74) is 1.93. The lowest BCUT2D eigenvalue weighted by atomic mass is 10.00. The quantitative estimate of drug-likeness (QED) is 0.797. The van der Waals surface area contributed by atoms with Gasteiger partial charge in [0, 0.05) is 17.5 Å². The molecule has 0 amide bonds. The maximum absolute atomic E-state index is 12.9. The van der Waals surface area contributed by atoms with Gasteiger partial charge >= 0.3 is 0 Å². The average Bonchev–Trinajstić information content (AvgIpc) is 2.16. The van der Waals surface area contributed by atoms with E-state index in [0.29, 0.717) is 6.54 Å². The van der Waals surface area contributed by atoms with Crippen molar-refractivity contribution in [3.63, 3.8) is 0 Å². The van der Waals surface area contributed by atoms with Gasteiger partial charge in [-0.3, -0.25) is 0 Å². The highest BCUT2D eigenvalue weighted by molar-refractivity contribution is 6.21. The molecule has 1 N–H and O–H groups in total. The Balaban J connectivity index is 2.68. The largest absolute Gasteiger partial charge is 0.306 e. The Morgan fingerprint density at radius 3 is 2.56 bits per heavy atom. The van der Waals surface area contributed by atoms with Gasteiger partial charge in [0.05, 0.1) is 0 Å². The second kappa shape index (κ2) is 5.15. The third kappa shape index (κ3) is 3.46. The van der Waals surface area contributed by atoms with Gasteiger partial charge in [-0.25, -0.2) is 4.39 Å². The molecule has 1 aromatic rings. The third-order valence-corrected chi connectivity index (χ3v) is 3.58. The van der Waals surface area contributed by atoms with Crippen LogP contribution in [0.1, 0.15) is 31.9 Å². The molecule has 3 heteroatoms. The fourth-order valence-electron chi connectivity index (χ4n) is 1.32. The molecule has 1 atom stereocenters. The Bertz CT molecular complexity index is 361. The van der Waals surface area contributed by atoms with Crippen LogP contribution in [0.5, 0.6) is 0 Å². The molecule has 1 unspecified atom stereocenters. The summed E-state index contributed by atoms with van der Waals surface area (Å²) in [4.78, 5) is 0. The lowest BCUT2D eigenvalue weighted by Gasteiger charge is -2.29. The summed E-state index contributed by atoms with van der Waals surface area (Å²) in [6, 6.07) is 4.85. The van der Waals surface area contributed by atoms with Crippen molar-refractivity contribution in [2.45, 2.75) is 45.2 Å². The van der Waals surface area contributed by atoms with Gasteiger partial charge in [-0.1, -0.05) is 6.07 Å². The Morgan fingerprint density at radius 1 is 1.44 bits per heavy atom. The first-order valence-corrected chi connectivity index (χ1v) is 5.90. The summed E-state index contributed by atoms with van der Waals surface area (Å²) >= 11 is 6.08. The molecular weight excluding hydrogens is 225 g/mol. The van der Waals surface area contributed by atoms with Crippen LogP contribution in [0.3, 0.4) is 0 Å². The van der Waals surface area contributed by atoms with Crippen LogP contribution >= 0.6 is 11.6 Å². The minimum Gasteiger partial charge on any atom is -0.306 e. The molecule has 0 aromatic heterocycles. The minimum absolute atomic E-state index is 0.0354. The molecule has 1 nitrogen and oxygen atoms in total. The molecule has 0 heterocycles. The second-order valence-electron chi connectivity index (χ2n) is 4.76. The highest BCUT2D eigenvalue weighted by atomic mass is 35.5. The lowest BCUT2D eigenvalue weighted by Crippen LogP contribution is -2.45. The van der Waals surface area contributed by atoms with Crippen LogP contribution in [0.15, 0.2) is 18.2 Å². The Kier molecular flexibility index (Phi) is 4.34. The summed E-state index contributed by atoms with van der Waals surface area (Å²) in [6.07, 6.45) is 0. The van der Waals surface area contributed by atoms with E-state index in [-0.39, 0.29) is 16.7 Å². The smallest absolute Gasteiger partial charge is 0.123 e. The zero-order chi connectivity index (χ0) is 12.3. The maximum Gasteiger partial charge on any atom is 0.123 e. The van der Waals surface area contributed by atoms with Gasteiger partial charge in [0.2, 0.25) is 0 Å². The van der Waals surface area contributed by atoms with Gasteiger partial charge in [0.25, 0.3) is 0 Å². The molecule has 90 valence electrons. The molecule has 0 aliphatic rings. The van der Waals surface area contributed by atoms with Crippen LogP contribution in [-0.4, -0.2) is 10.9 Å². The third-order valence-electron chi connectivity index (χ3n) is 3.03. The first kappa shape index (κ1) is 13.5. The molecule has 1 rings (SSSR count). The summed E-state index contributed by atoms with van der Waals surface area (Å²) in [5, 5.41) is 3.42. The van der Waals surface area contributed by atoms with Crippen LogP contribution in [0.25, 0.3) is 0 Å². The van der Waals surface area contributed by atoms with Crippen molar-refractivity contribution in [3.05, 3.63) is 35.1 Å². The predicted octanol–water partition coefficient (Wildman–Crippen LogP) is 3.63. The average molecular weight is 244 g/mol. The van der Waals surface area contributed by atoms with E-state index in [2.05, 4.69) is 19.2 Å². The first-order chi connectivity index (χ1) is 7.33. The number of rotatable bonds is 4. The van der Waals surface area contributed by atoms with Crippen molar-refractivity contribution < 1.29 is 4.39 Å². The van der Waals surface area contributed by atoms with Gasteiger partial charge in [-0.15, -0.1) is 11.6 Å². The molecule has 0 aliphatic carbocycles. The van der Waals surface area contributed by atoms with Gasteiger partial charge in [-0.05, 0) is 51.0 Å². The monoisotopic (exact) mass is 243 g/mol. The van der Waals surface area contributed by atoms with E-state index >= 15 is 0 Å². The van der Waals surface area contributed by atoms with Crippen molar-refractivity contribution in [2.75, 3.05) is 0 Å². The molecule has 1 aromatic carbocycles. The molecule has 0 saturated carbocycles. The zero-order valence-corrected chi connectivity index (χ0v) is 11.0. The number of hydrogen-bond acceptors (Lipinski definition) is 1. The van der Waals surface area contributed by atoms with Crippen LogP contribution < -0.4 is 5.32 Å². The van der Waals surface area contributed by atoms with Crippen LogP contribution in [0, 0.1) is 12.7 Å². The van der Waals surface area contributed by atoms with Gasteiger partial charge in [0.15, 0.2) is 0 Å². The number of aryl methyl sites for hydroxylation is 1. The predicted molar refractivity (Wildman–Crippen MR) is 67.4 cm³/mol. The molecule has 16 heavy (non-hydrogen) atoms. The van der Waals surface area contributed by atoms with Crippen molar-refractivity contribution in [3.8, 4) is 0 Å². The summed E-state index contributed by atoms with van der Waals surface area (Å²) in [5.74, 6) is -0.189. The topological polar surface area (TPSA) is 12.0 Å². The number of benzene rings is 1. The molecular formula is C13H19ClFN. The fraction of sp³-hybridized carbons (Fsp3) is 0.538. The molecule has 0 aliphatic heterocycles. The lowest BCUT2D eigenvalue weighted by molar-refractivity contribution is 0.380. The Hall–Kier alpha value is -0.600. The molecule has 0 spiro atoms. The Morgan fingerprint density at radius 2 is 2.06 bits per heavy atom. The van der Waals surface area contributed by atoms with E-state index in [0.717, 1.165) is 11.1 Å². The van der Waals surface area contributed by atoms with E-state index in [1.54, 1.807) is 6.07 Å². The fourth-order valence-corrected chi connectivity index (χ4v) is 1.40. The van der Waals surface area contributed by atoms with Crippen molar-refractivity contribution in [1.29, 1.82) is 0 Å². The highest BCUT2D eigenvalue weighted by Gasteiger charge is 2.23. The molecule has 0 saturated heterocycles. The molecule has 0 bridgehead atoms. The van der Waals surface area contributed by atoms with Gasteiger partial charge < -0.3 is 5.32 Å². The molecule has 0 radical (unpaired) electrons. The maximum atomic E-state index is 12.9. The van der Waals surface area contributed by atoms with Crippen LogP contribution in [-0.2, 0) is 6.54 Å². The standard InChI is InChI=1S/C13H19ClFN/c1-9-7-12(15)6-5-11(9)8-16-13(3,4)10(2)14/h5-7,10,16H,8H2,1-4H3. The first-order valence-electron chi connectivity index (χ1n) is 5.47. The van der Waals surface area contributed by atoms with Crippen molar-refractivity contribution >= 4 is 11.6 Å². The summed E-state index contributed by atoms with van der Waals surface area (Å²) in [7, 11) is 0. The van der Waals surface area contributed by atoms with Crippen LogP contribution in [0.4, 0.5) is 4.39 Å². The van der Waals surface area contributed by atoms with E-state index in [1.165, 1.54) is 6.07 Å². The van der Waals surface area contributed by atoms with E-state index in [9.17, 15) is 4.39 Å². The number of nitrogens with one attached hydrogen (secondary N) is 1. The summed E-state index contributed by atoms with van der Waals surface area (Å²) < 4.78 is 12.9.